The Hall–Kier alpha value is -2.30. The summed E-state index contributed by atoms with van der Waals surface area (Å²) >= 11 is 3.27. The van der Waals surface area contributed by atoms with Crippen LogP contribution in [0.4, 0.5) is 0 Å². The molecule has 0 spiro atoms. The molecule has 0 aliphatic rings. The van der Waals surface area contributed by atoms with Gasteiger partial charge in [0.1, 0.15) is 11.0 Å². The first-order valence-electron chi connectivity index (χ1n) is 6.79. The second-order valence-electron chi connectivity index (χ2n) is 4.98. The van der Waals surface area contributed by atoms with Crippen molar-refractivity contribution in [3.8, 4) is 17.6 Å². The number of hydrogen-bond donors (Lipinski definition) is 1. The molecule has 0 aromatic heterocycles. The normalized spacial score (nSPS) is 11.8. The van der Waals surface area contributed by atoms with Crippen LogP contribution >= 0.6 is 15.9 Å². The fraction of sp³-hybridized carbons (Fsp3) is 0.118. The van der Waals surface area contributed by atoms with E-state index in [9.17, 15) is 18.8 Å². The van der Waals surface area contributed by atoms with Crippen molar-refractivity contribution in [1.29, 1.82) is 5.26 Å². The van der Waals surface area contributed by atoms with Gasteiger partial charge >= 0.3 is 0 Å². The molecule has 124 valence electrons. The highest BCUT2D eigenvalue weighted by Gasteiger charge is 2.21. The maximum absolute atomic E-state index is 12.6. The lowest BCUT2D eigenvalue weighted by Crippen LogP contribution is -2.03. The van der Waals surface area contributed by atoms with Gasteiger partial charge in [-0.3, -0.25) is 0 Å². The molecule has 0 aliphatic heterocycles. The molecule has 0 heterocycles. The van der Waals surface area contributed by atoms with Crippen molar-refractivity contribution in [2.24, 2.45) is 0 Å². The Morgan fingerprint density at radius 1 is 1.29 bits per heavy atom. The van der Waals surface area contributed by atoms with E-state index >= 15 is 0 Å². The number of rotatable bonds is 4. The van der Waals surface area contributed by atoms with Gasteiger partial charge in [-0.15, -0.1) is 0 Å². The van der Waals surface area contributed by atoms with Crippen LogP contribution in [0.15, 0.2) is 50.7 Å². The van der Waals surface area contributed by atoms with Crippen molar-refractivity contribution in [3.05, 3.63) is 56.9 Å². The van der Waals surface area contributed by atoms with Gasteiger partial charge in [0.2, 0.25) is 9.84 Å². The Balaban J connectivity index is 2.56. The summed E-state index contributed by atoms with van der Waals surface area (Å²) in [5, 5.41) is 19.1. The maximum atomic E-state index is 12.6. The predicted molar refractivity (Wildman–Crippen MR) is 94.3 cm³/mol. The second-order valence-corrected chi connectivity index (χ2v) is 7.75. The number of aromatic hydroxyl groups is 1. The summed E-state index contributed by atoms with van der Waals surface area (Å²) < 4.78 is 30.7. The van der Waals surface area contributed by atoms with Crippen LogP contribution in [0.2, 0.25) is 0 Å². The zero-order valence-electron chi connectivity index (χ0n) is 12.9. The fourth-order valence-corrected chi connectivity index (χ4v) is 3.58. The summed E-state index contributed by atoms with van der Waals surface area (Å²) in [6.45, 7) is 1.84. The molecule has 2 aromatic rings. The molecule has 0 unspecified atom stereocenters. The average molecular weight is 408 g/mol. The number of aryl methyl sites for hydroxylation is 1. The van der Waals surface area contributed by atoms with E-state index in [-0.39, 0.29) is 16.4 Å². The van der Waals surface area contributed by atoms with Gasteiger partial charge in [0.15, 0.2) is 11.5 Å². The number of hydrogen-bond acceptors (Lipinski definition) is 5. The number of nitrogens with zero attached hydrogens (tertiary/aromatic N) is 1. The third-order valence-corrected chi connectivity index (χ3v) is 5.68. The molecule has 0 amide bonds. The summed E-state index contributed by atoms with van der Waals surface area (Å²) in [6.07, 6.45) is 1.21. The van der Waals surface area contributed by atoms with Crippen LogP contribution in [0.25, 0.3) is 6.08 Å². The van der Waals surface area contributed by atoms with E-state index in [0.29, 0.717) is 10.0 Å². The first-order chi connectivity index (χ1) is 11.3. The van der Waals surface area contributed by atoms with E-state index in [0.717, 1.165) is 5.56 Å². The zero-order valence-corrected chi connectivity index (χ0v) is 15.3. The predicted octanol–water partition coefficient (Wildman–Crippen LogP) is 3.81. The molecule has 2 aromatic carbocycles. The van der Waals surface area contributed by atoms with E-state index in [1.165, 1.54) is 37.5 Å². The fourth-order valence-electron chi connectivity index (χ4n) is 1.99. The third kappa shape index (κ3) is 3.61. The number of phenolic OH excluding ortho intramolecular Hbond substituents is 1. The molecule has 0 bridgehead atoms. The van der Waals surface area contributed by atoms with Gasteiger partial charge in [-0.2, -0.15) is 5.26 Å². The summed E-state index contributed by atoms with van der Waals surface area (Å²) in [6, 6.07) is 10.8. The molecule has 24 heavy (non-hydrogen) atoms. The molecule has 0 atom stereocenters. The van der Waals surface area contributed by atoms with Gasteiger partial charge in [-0.1, -0.05) is 33.6 Å². The van der Waals surface area contributed by atoms with Gasteiger partial charge in [-0.05, 0) is 42.8 Å². The minimum absolute atomic E-state index is 0.0368. The van der Waals surface area contributed by atoms with Crippen LogP contribution in [-0.4, -0.2) is 20.6 Å². The lowest BCUT2D eigenvalue weighted by atomic mass is 10.2. The van der Waals surface area contributed by atoms with Crippen LogP contribution in [0.3, 0.4) is 0 Å². The molecule has 0 fully saturated rings. The van der Waals surface area contributed by atoms with Crippen LogP contribution in [0.1, 0.15) is 11.1 Å². The van der Waals surface area contributed by atoms with E-state index in [2.05, 4.69) is 15.9 Å². The molecule has 2 rings (SSSR count). The van der Waals surface area contributed by atoms with Crippen molar-refractivity contribution in [1.82, 2.24) is 0 Å². The number of allylic oxidation sites excluding steroid dienone is 1. The summed E-state index contributed by atoms with van der Waals surface area (Å²) in [4.78, 5) is -0.383. The Bertz CT molecular complexity index is 942. The SMILES string of the molecule is COc1cc(Br)c(/C=C(\C#N)S(=O)(=O)c2ccc(C)cc2)cc1O. The highest BCUT2D eigenvalue weighted by Crippen LogP contribution is 2.34. The topological polar surface area (TPSA) is 87.4 Å². The van der Waals surface area contributed by atoms with Crippen LogP contribution in [0, 0.1) is 18.3 Å². The highest BCUT2D eigenvalue weighted by atomic mass is 79.9. The van der Waals surface area contributed by atoms with E-state index < -0.39 is 14.7 Å². The van der Waals surface area contributed by atoms with E-state index in [1.807, 2.05) is 6.92 Å². The third-order valence-electron chi connectivity index (χ3n) is 3.32. The summed E-state index contributed by atoms with van der Waals surface area (Å²) in [7, 11) is -2.54. The standard InChI is InChI=1S/C17H14BrNO4S/c1-11-3-5-13(6-4-11)24(21,22)14(10-19)7-12-8-16(20)17(23-2)9-15(12)18/h3-9,20H,1-2H3/b14-7+. The Morgan fingerprint density at radius 3 is 2.46 bits per heavy atom. The Morgan fingerprint density at radius 2 is 1.92 bits per heavy atom. The zero-order chi connectivity index (χ0) is 17.9. The minimum Gasteiger partial charge on any atom is -0.504 e. The molecule has 7 heteroatoms. The monoisotopic (exact) mass is 407 g/mol. The van der Waals surface area contributed by atoms with Crippen LogP contribution < -0.4 is 4.74 Å². The molecule has 5 nitrogen and oxygen atoms in total. The summed E-state index contributed by atoms with van der Waals surface area (Å²) in [5.41, 5.74) is 1.26. The Labute approximate surface area is 148 Å². The molecular weight excluding hydrogens is 394 g/mol. The van der Waals surface area contributed by atoms with Gasteiger partial charge in [0.05, 0.1) is 12.0 Å². The van der Waals surface area contributed by atoms with E-state index in [1.54, 1.807) is 18.2 Å². The number of phenols is 1. The van der Waals surface area contributed by atoms with Crippen LogP contribution in [0.5, 0.6) is 11.5 Å². The Kier molecular flexibility index (Phi) is 5.32. The molecule has 0 saturated carbocycles. The molecule has 0 saturated heterocycles. The molecule has 0 radical (unpaired) electrons. The van der Waals surface area contributed by atoms with Gasteiger partial charge < -0.3 is 9.84 Å². The number of nitriles is 1. The molecular formula is C17H14BrNO4S. The number of methoxy groups -OCH3 is 1. The van der Waals surface area contributed by atoms with Crippen molar-refractivity contribution in [2.75, 3.05) is 7.11 Å². The van der Waals surface area contributed by atoms with Gasteiger partial charge in [0, 0.05) is 4.47 Å². The van der Waals surface area contributed by atoms with Crippen molar-refractivity contribution < 1.29 is 18.3 Å². The second kappa shape index (κ2) is 7.07. The largest absolute Gasteiger partial charge is 0.504 e. The average Bonchev–Trinajstić information content (AvgIpc) is 2.55. The molecule has 1 N–H and O–H groups in total. The number of halogens is 1. The first kappa shape index (κ1) is 18.0. The maximum Gasteiger partial charge on any atom is 0.216 e. The summed E-state index contributed by atoms with van der Waals surface area (Å²) in [5.74, 6) is 0.0795. The number of benzene rings is 2. The smallest absolute Gasteiger partial charge is 0.216 e. The number of ether oxygens (including phenoxy) is 1. The van der Waals surface area contributed by atoms with Crippen molar-refractivity contribution in [2.45, 2.75) is 11.8 Å². The minimum atomic E-state index is -3.95. The van der Waals surface area contributed by atoms with Gasteiger partial charge in [0.25, 0.3) is 0 Å². The number of sulfone groups is 1. The van der Waals surface area contributed by atoms with E-state index in [4.69, 9.17) is 4.74 Å². The quantitative estimate of drug-likeness (QED) is 0.778. The lowest BCUT2D eigenvalue weighted by Gasteiger charge is -2.08. The van der Waals surface area contributed by atoms with Crippen molar-refractivity contribution in [3.63, 3.8) is 0 Å². The van der Waals surface area contributed by atoms with Crippen molar-refractivity contribution >= 4 is 31.8 Å². The first-order valence-corrected chi connectivity index (χ1v) is 9.07. The van der Waals surface area contributed by atoms with Crippen LogP contribution in [-0.2, 0) is 9.84 Å². The lowest BCUT2D eigenvalue weighted by molar-refractivity contribution is 0.373. The highest BCUT2D eigenvalue weighted by molar-refractivity contribution is 9.10. The van der Waals surface area contributed by atoms with Gasteiger partial charge in [-0.25, -0.2) is 8.42 Å². The molecule has 0 aliphatic carbocycles.